The Bertz CT molecular complexity index is 506. The zero-order valence-electron chi connectivity index (χ0n) is 12.2. The number of hydrogen-bond donors (Lipinski definition) is 2. The second-order valence-electron chi connectivity index (χ2n) is 5.26. The first kappa shape index (κ1) is 15.4. The van der Waals surface area contributed by atoms with Gasteiger partial charge in [0.1, 0.15) is 0 Å². The van der Waals surface area contributed by atoms with Crippen LogP contribution in [0.4, 0.5) is 0 Å². The summed E-state index contributed by atoms with van der Waals surface area (Å²) < 4.78 is 0. The molecular formula is C17H24N2. The largest absolute Gasteiger partial charge is 0.326 e. The Balaban J connectivity index is 2.79. The summed E-state index contributed by atoms with van der Waals surface area (Å²) in [5.74, 6) is 0. The lowest BCUT2D eigenvalue weighted by atomic mass is 9.98. The zero-order valence-corrected chi connectivity index (χ0v) is 12.2. The van der Waals surface area contributed by atoms with E-state index in [0.717, 1.165) is 24.0 Å². The smallest absolute Gasteiger partial charge is 0.0316 e. The van der Waals surface area contributed by atoms with Gasteiger partial charge in [-0.2, -0.15) is 0 Å². The lowest BCUT2D eigenvalue weighted by Crippen LogP contribution is -2.02. The van der Waals surface area contributed by atoms with Crippen LogP contribution < -0.4 is 5.73 Å². The van der Waals surface area contributed by atoms with Crippen molar-refractivity contribution in [3.05, 3.63) is 53.1 Å². The van der Waals surface area contributed by atoms with E-state index in [2.05, 4.69) is 31.7 Å². The number of allylic oxidation sites excluding steroid dienone is 2. The summed E-state index contributed by atoms with van der Waals surface area (Å²) in [4.78, 5) is 0. The first-order valence-corrected chi connectivity index (χ1v) is 6.63. The monoisotopic (exact) mass is 256 g/mol. The summed E-state index contributed by atoms with van der Waals surface area (Å²) in [7, 11) is 0. The third kappa shape index (κ3) is 5.23. The molecule has 0 amide bonds. The van der Waals surface area contributed by atoms with Crippen molar-refractivity contribution in [3.63, 3.8) is 0 Å². The van der Waals surface area contributed by atoms with Crippen LogP contribution in [0.5, 0.6) is 0 Å². The Morgan fingerprint density at radius 3 is 2.58 bits per heavy atom. The predicted octanol–water partition coefficient (Wildman–Crippen LogP) is 3.89. The second-order valence-corrected chi connectivity index (χ2v) is 5.26. The first-order valence-electron chi connectivity index (χ1n) is 6.63. The molecule has 1 rings (SSSR count). The molecule has 0 saturated heterocycles. The van der Waals surface area contributed by atoms with E-state index in [-0.39, 0.29) is 0 Å². The lowest BCUT2D eigenvalue weighted by molar-refractivity contribution is 1.03. The van der Waals surface area contributed by atoms with Gasteiger partial charge in [0.05, 0.1) is 0 Å². The number of hydrogen-bond acceptors (Lipinski definition) is 2. The average molecular weight is 256 g/mol. The van der Waals surface area contributed by atoms with Gasteiger partial charge in [-0.1, -0.05) is 35.9 Å². The molecule has 1 aromatic rings. The molecular weight excluding hydrogens is 232 g/mol. The standard InChI is InChI=1S/C17H24N2/c1-12(2)7-17(19)6-5-15-8-13(3)9-16(10-15)14(4)11-18/h7-10,19H,4-6,11,18H2,1-3H3. The highest BCUT2D eigenvalue weighted by Gasteiger charge is 2.03. The molecule has 19 heavy (non-hydrogen) atoms. The van der Waals surface area contributed by atoms with Crippen LogP contribution >= 0.6 is 0 Å². The number of benzene rings is 1. The van der Waals surface area contributed by atoms with Crippen molar-refractivity contribution in [2.24, 2.45) is 5.73 Å². The molecule has 3 N–H and O–H groups in total. The number of nitrogens with one attached hydrogen (secondary N) is 1. The minimum Gasteiger partial charge on any atom is -0.326 e. The molecule has 0 aliphatic rings. The summed E-state index contributed by atoms with van der Waals surface area (Å²) in [6, 6.07) is 6.42. The van der Waals surface area contributed by atoms with Gasteiger partial charge in [-0.05, 0) is 56.4 Å². The Morgan fingerprint density at radius 2 is 2.00 bits per heavy atom. The van der Waals surface area contributed by atoms with Crippen LogP contribution in [0.2, 0.25) is 0 Å². The van der Waals surface area contributed by atoms with Gasteiger partial charge in [0, 0.05) is 12.3 Å². The van der Waals surface area contributed by atoms with Crippen LogP contribution in [0.15, 0.2) is 36.4 Å². The van der Waals surface area contributed by atoms with E-state index in [4.69, 9.17) is 11.1 Å². The van der Waals surface area contributed by atoms with Crippen LogP contribution in [0.3, 0.4) is 0 Å². The van der Waals surface area contributed by atoms with Crippen molar-refractivity contribution in [1.29, 1.82) is 5.41 Å². The Hall–Kier alpha value is -1.67. The minimum absolute atomic E-state index is 0.483. The fourth-order valence-corrected chi connectivity index (χ4v) is 2.03. The van der Waals surface area contributed by atoms with Gasteiger partial charge < -0.3 is 11.1 Å². The molecule has 0 spiro atoms. The molecule has 0 saturated carbocycles. The molecule has 0 aliphatic carbocycles. The summed E-state index contributed by atoms with van der Waals surface area (Å²) in [6.45, 7) is 10.6. The molecule has 102 valence electrons. The van der Waals surface area contributed by atoms with Gasteiger partial charge in [-0.3, -0.25) is 0 Å². The van der Waals surface area contributed by atoms with E-state index in [9.17, 15) is 0 Å². The summed E-state index contributed by atoms with van der Waals surface area (Å²) in [5, 5.41) is 7.88. The van der Waals surface area contributed by atoms with Crippen molar-refractivity contribution in [1.82, 2.24) is 0 Å². The Morgan fingerprint density at radius 1 is 1.32 bits per heavy atom. The molecule has 2 heteroatoms. The van der Waals surface area contributed by atoms with Crippen molar-refractivity contribution in [2.45, 2.75) is 33.6 Å². The third-order valence-electron chi connectivity index (χ3n) is 2.94. The maximum Gasteiger partial charge on any atom is 0.0316 e. The molecule has 0 unspecified atom stereocenters. The van der Waals surface area contributed by atoms with E-state index < -0.39 is 0 Å². The number of rotatable bonds is 6. The minimum atomic E-state index is 0.483. The van der Waals surface area contributed by atoms with Crippen molar-refractivity contribution in [3.8, 4) is 0 Å². The lowest BCUT2D eigenvalue weighted by Gasteiger charge is -2.09. The van der Waals surface area contributed by atoms with Crippen LogP contribution in [0.25, 0.3) is 5.57 Å². The number of nitrogens with two attached hydrogens (primary N) is 1. The summed E-state index contributed by atoms with van der Waals surface area (Å²) in [5.41, 5.74) is 12.0. The highest BCUT2D eigenvalue weighted by Crippen LogP contribution is 2.17. The highest BCUT2D eigenvalue weighted by atomic mass is 14.5. The van der Waals surface area contributed by atoms with Crippen LogP contribution in [-0.2, 0) is 6.42 Å². The van der Waals surface area contributed by atoms with Crippen LogP contribution in [-0.4, -0.2) is 12.3 Å². The Kier molecular flexibility index (Phi) is 5.71. The average Bonchev–Trinajstić information content (AvgIpc) is 2.34. The van der Waals surface area contributed by atoms with Gasteiger partial charge in [0.2, 0.25) is 0 Å². The molecule has 0 heterocycles. The highest BCUT2D eigenvalue weighted by molar-refractivity contribution is 5.92. The second kappa shape index (κ2) is 7.05. The van der Waals surface area contributed by atoms with Gasteiger partial charge in [-0.15, -0.1) is 0 Å². The van der Waals surface area contributed by atoms with E-state index in [1.54, 1.807) is 0 Å². The molecule has 0 atom stereocenters. The van der Waals surface area contributed by atoms with E-state index in [1.807, 2.05) is 19.9 Å². The summed E-state index contributed by atoms with van der Waals surface area (Å²) >= 11 is 0. The van der Waals surface area contributed by atoms with E-state index in [1.165, 1.54) is 16.7 Å². The van der Waals surface area contributed by atoms with Crippen LogP contribution in [0.1, 0.15) is 37.0 Å². The fourth-order valence-electron chi connectivity index (χ4n) is 2.03. The first-order chi connectivity index (χ1) is 8.92. The van der Waals surface area contributed by atoms with Gasteiger partial charge in [0.25, 0.3) is 0 Å². The molecule has 0 aliphatic heterocycles. The summed E-state index contributed by atoms with van der Waals surface area (Å²) in [6.07, 6.45) is 3.58. The van der Waals surface area contributed by atoms with Gasteiger partial charge >= 0.3 is 0 Å². The molecule has 1 aromatic carbocycles. The predicted molar refractivity (Wildman–Crippen MR) is 84.7 cm³/mol. The van der Waals surface area contributed by atoms with Crippen molar-refractivity contribution in [2.75, 3.05) is 6.54 Å². The Labute approximate surface area is 116 Å². The van der Waals surface area contributed by atoms with Crippen LogP contribution in [0, 0.1) is 12.3 Å². The molecule has 2 nitrogen and oxygen atoms in total. The van der Waals surface area contributed by atoms with Gasteiger partial charge in [0.15, 0.2) is 0 Å². The maximum atomic E-state index is 7.88. The molecule has 0 fully saturated rings. The maximum absolute atomic E-state index is 7.88. The fraction of sp³-hybridized carbons (Fsp3) is 0.353. The topological polar surface area (TPSA) is 49.9 Å². The molecule has 0 bridgehead atoms. The van der Waals surface area contributed by atoms with Crippen molar-refractivity contribution < 1.29 is 0 Å². The number of aryl methyl sites for hydroxylation is 2. The van der Waals surface area contributed by atoms with E-state index in [0.29, 0.717) is 12.3 Å². The molecule has 0 radical (unpaired) electrons. The normalized spacial score (nSPS) is 10.1. The van der Waals surface area contributed by atoms with Crippen molar-refractivity contribution >= 4 is 11.3 Å². The quantitative estimate of drug-likeness (QED) is 0.745. The van der Waals surface area contributed by atoms with E-state index >= 15 is 0 Å². The van der Waals surface area contributed by atoms with Gasteiger partial charge in [-0.25, -0.2) is 0 Å². The zero-order chi connectivity index (χ0) is 14.4. The molecule has 0 aromatic heterocycles. The SMILES string of the molecule is C=C(CN)c1cc(C)cc(CCC(=N)C=C(C)C)c1. The third-order valence-corrected chi connectivity index (χ3v) is 2.94.